The van der Waals surface area contributed by atoms with Gasteiger partial charge >= 0.3 is 0 Å². The van der Waals surface area contributed by atoms with Crippen molar-refractivity contribution in [3.05, 3.63) is 92.6 Å². The van der Waals surface area contributed by atoms with Crippen molar-refractivity contribution in [1.82, 2.24) is 0 Å². The molecule has 0 bridgehead atoms. The summed E-state index contributed by atoms with van der Waals surface area (Å²) in [6.45, 7) is 13.3. The van der Waals surface area contributed by atoms with Gasteiger partial charge in [-0.25, -0.2) is 0 Å². The molecule has 0 fully saturated rings. The summed E-state index contributed by atoms with van der Waals surface area (Å²) in [5.74, 6) is 0.356. The van der Waals surface area contributed by atoms with Gasteiger partial charge in [0.05, 0.1) is 0 Å². The average Bonchev–Trinajstić information content (AvgIpc) is 2.76. The standard InChI is InChI=1S/C24H28/c1-15-7-16(2)10-21(9-15)24(23-13-19(5)20(6)14-23)22-11-17(3)8-18(4)12-22/h7-13,24H,14H2,1-6H3. The van der Waals surface area contributed by atoms with Crippen LogP contribution in [0.5, 0.6) is 0 Å². The van der Waals surface area contributed by atoms with Crippen LogP contribution in [0.4, 0.5) is 0 Å². The fourth-order valence-corrected chi connectivity index (χ4v) is 4.06. The Bertz CT molecular complexity index is 754. The molecule has 0 amide bonds. The Morgan fingerprint density at radius 3 is 1.38 bits per heavy atom. The first-order valence-electron chi connectivity index (χ1n) is 8.86. The quantitative estimate of drug-likeness (QED) is 0.589. The molecular weight excluding hydrogens is 288 g/mol. The maximum Gasteiger partial charge on any atom is 0.0305 e. The fraction of sp³-hybridized carbons (Fsp3) is 0.333. The molecular formula is C24H28. The summed E-state index contributed by atoms with van der Waals surface area (Å²) in [4.78, 5) is 0. The van der Waals surface area contributed by atoms with Crippen LogP contribution in [0, 0.1) is 27.7 Å². The second-order valence-electron chi connectivity index (χ2n) is 7.63. The summed E-state index contributed by atoms with van der Waals surface area (Å²) >= 11 is 0. The maximum absolute atomic E-state index is 2.41. The van der Waals surface area contributed by atoms with Gasteiger partial charge in [0.1, 0.15) is 0 Å². The van der Waals surface area contributed by atoms with Gasteiger partial charge in [-0.2, -0.15) is 0 Å². The van der Waals surface area contributed by atoms with Gasteiger partial charge in [-0.3, -0.25) is 0 Å². The first-order chi connectivity index (χ1) is 11.3. The molecule has 0 heteroatoms. The number of hydrogen-bond acceptors (Lipinski definition) is 0. The lowest BCUT2D eigenvalue weighted by Crippen LogP contribution is -2.06. The summed E-state index contributed by atoms with van der Waals surface area (Å²) < 4.78 is 0. The summed E-state index contributed by atoms with van der Waals surface area (Å²) in [6.07, 6.45) is 3.51. The summed E-state index contributed by atoms with van der Waals surface area (Å²) in [5.41, 5.74) is 12.7. The van der Waals surface area contributed by atoms with Crippen molar-refractivity contribution < 1.29 is 0 Å². The lowest BCUT2D eigenvalue weighted by molar-refractivity contribution is 0.897. The number of hydrogen-bond donors (Lipinski definition) is 0. The maximum atomic E-state index is 2.41. The van der Waals surface area contributed by atoms with E-state index >= 15 is 0 Å². The monoisotopic (exact) mass is 316 g/mol. The summed E-state index contributed by atoms with van der Waals surface area (Å²) in [6, 6.07) is 14.0. The van der Waals surface area contributed by atoms with Crippen LogP contribution in [-0.2, 0) is 0 Å². The van der Waals surface area contributed by atoms with Crippen molar-refractivity contribution in [2.45, 2.75) is 53.9 Å². The summed E-state index contributed by atoms with van der Waals surface area (Å²) in [5, 5.41) is 0. The molecule has 0 heterocycles. The lowest BCUT2D eigenvalue weighted by atomic mass is 9.81. The third kappa shape index (κ3) is 3.38. The van der Waals surface area contributed by atoms with Gasteiger partial charge < -0.3 is 0 Å². The van der Waals surface area contributed by atoms with Crippen LogP contribution in [0.1, 0.15) is 59.6 Å². The van der Waals surface area contributed by atoms with E-state index in [1.807, 2.05) is 0 Å². The Morgan fingerprint density at radius 1 is 0.625 bits per heavy atom. The molecule has 0 unspecified atom stereocenters. The van der Waals surface area contributed by atoms with Gasteiger partial charge in [0.2, 0.25) is 0 Å². The molecule has 1 aliphatic carbocycles. The molecule has 0 spiro atoms. The number of aryl methyl sites for hydroxylation is 4. The molecule has 0 aromatic heterocycles. The predicted octanol–water partition coefficient (Wildman–Crippen LogP) is 6.72. The molecule has 0 N–H and O–H groups in total. The van der Waals surface area contributed by atoms with Gasteiger partial charge in [0, 0.05) is 5.92 Å². The SMILES string of the molecule is CC1=C(C)CC(C(c2cc(C)cc(C)c2)c2cc(C)cc(C)c2)=C1. The molecule has 0 nitrogen and oxygen atoms in total. The molecule has 3 rings (SSSR count). The Morgan fingerprint density at radius 2 is 1.04 bits per heavy atom. The average molecular weight is 316 g/mol. The molecule has 0 saturated heterocycles. The molecule has 124 valence electrons. The number of rotatable bonds is 3. The van der Waals surface area contributed by atoms with E-state index in [2.05, 4.69) is 84.0 Å². The zero-order valence-corrected chi connectivity index (χ0v) is 15.8. The second kappa shape index (κ2) is 6.43. The van der Waals surface area contributed by atoms with Crippen LogP contribution in [0.15, 0.2) is 59.2 Å². The molecule has 0 aliphatic heterocycles. The van der Waals surface area contributed by atoms with Crippen LogP contribution in [0.2, 0.25) is 0 Å². The van der Waals surface area contributed by atoms with E-state index in [1.165, 1.54) is 50.1 Å². The van der Waals surface area contributed by atoms with E-state index in [4.69, 9.17) is 0 Å². The van der Waals surface area contributed by atoms with Crippen LogP contribution in [-0.4, -0.2) is 0 Å². The third-order valence-corrected chi connectivity index (χ3v) is 5.07. The molecule has 24 heavy (non-hydrogen) atoms. The third-order valence-electron chi connectivity index (χ3n) is 5.07. The van der Waals surface area contributed by atoms with Crippen molar-refractivity contribution in [2.75, 3.05) is 0 Å². The minimum atomic E-state index is 0.356. The largest absolute Gasteiger partial charge is 0.0663 e. The number of benzene rings is 2. The Labute approximate surface area is 146 Å². The predicted molar refractivity (Wildman–Crippen MR) is 105 cm³/mol. The molecule has 2 aromatic carbocycles. The molecule has 2 aromatic rings. The molecule has 0 atom stereocenters. The molecule has 1 aliphatic rings. The highest BCUT2D eigenvalue weighted by atomic mass is 14.3. The normalized spacial score (nSPS) is 14.5. The fourth-order valence-electron chi connectivity index (χ4n) is 4.06. The minimum absolute atomic E-state index is 0.356. The van der Waals surface area contributed by atoms with E-state index in [0.717, 1.165) is 6.42 Å². The van der Waals surface area contributed by atoms with E-state index in [0.29, 0.717) is 5.92 Å². The highest BCUT2D eigenvalue weighted by molar-refractivity contribution is 5.51. The van der Waals surface area contributed by atoms with E-state index in [9.17, 15) is 0 Å². The van der Waals surface area contributed by atoms with Crippen LogP contribution >= 0.6 is 0 Å². The van der Waals surface area contributed by atoms with Gasteiger partial charge in [-0.1, -0.05) is 81.4 Å². The van der Waals surface area contributed by atoms with Gasteiger partial charge in [-0.05, 0) is 59.1 Å². The highest BCUT2D eigenvalue weighted by Crippen LogP contribution is 2.40. The van der Waals surface area contributed by atoms with E-state index < -0.39 is 0 Å². The van der Waals surface area contributed by atoms with Crippen LogP contribution in [0.25, 0.3) is 0 Å². The van der Waals surface area contributed by atoms with Gasteiger partial charge in [-0.15, -0.1) is 0 Å². The van der Waals surface area contributed by atoms with Crippen molar-refractivity contribution in [2.24, 2.45) is 0 Å². The van der Waals surface area contributed by atoms with Gasteiger partial charge in [0.15, 0.2) is 0 Å². The van der Waals surface area contributed by atoms with Crippen molar-refractivity contribution in [3.63, 3.8) is 0 Å². The Kier molecular flexibility index (Phi) is 4.49. The van der Waals surface area contributed by atoms with Crippen molar-refractivity contribution in [1.29, 1.82) is 0 Å². The topological polar surface area (TPSA) is 0 Å². The highest BCUT2D eigenvalue weighted by Gasteiger charge is 2.23. The smallest absolute Gasteiger partial charge is 0.0305 e. The van der Waals surface area contributed by atoms with Crippen LogP contribution in [0.3, 0.4) is 0 Å². The zero-order chi connectivity index (χ0) is 17.4. The summed E-state index contributed by atoms with van der Waals surface area (Å²) in [7, 11) is 0. The van der Waals surface area contributed by atoms with E-state index in [-0.39, 0.29) is 0 Å². The van der Waals surface area contributed by atoms with E-state index in [1.54, 1.807) is 0 Å². The van der Waals surface area contributed by atoms with Crippen molar-refractivity contribution in [3.8, 4) is 0 Å². The first-order valence-corrected chi connectivity index (χ1v) is 8.86. The first kappa shape index (κ1) is 16.8. The molecule has 0 radical (unpaired) electrons. The van der Waals surface area contributed by atoms with Crippen LogP contribution < -0.4 is 0 Å². The molecule has 0 saturated carbocycles. The van der Waals surface area contributed by atoms with Crippen molar-refractivity contribution >= 4 is 0 Å². The second-order valence-corrected chi connectivity index (χ2v) is 7.63. The Hall–Kier alpha value is -2.08. The minimum Gasteiger partial charge on any atom is -0.0663 e. The van der Waals surface area contributed by atoms with Gasteiger partial charge in [0.25, 0.3) is 0 Å². The number of allylic oxidation sites excluding steroid dienone is 4. The Balaban J connectivity index is 2.16. The lowest BCUT2D eigenvalue weighted by Gasteiger charge is -2.22. The zero-order valence-electron chi connectivity index (χ0n) is 15.8.